The van der Waals surface area contributed by atoms with Crippen molar-refractivity contribution >= 4 is 0 Å². The van der Waals surface area contributed by atoms with Crippen molar-refractivity contribution in [2.24, 2.45) is 5.92 Å². The maximum absolute atomic E-state index is 5.13. The van der Waals surface area contributed by atoms with Gasteiger partial charge >= 0.3 is 0 Å². The molecule has 3 heteroatoms. The van der Waals surface area contributed by atoms with E-state index in [0.717, 1.165) is 23.9 Å². The first-order valence-electron chi connectivity index (χ1n) is 5.73. The van der Waals surface area contributed by atoms with Crippen LogP contribution in [0.2, 0.25) is 0 Å². The maximum Gasteiger partial charge on any atom is 0.150 e. The lowest BCUT2D eigenvalue weighted by Gasteiger charge is -2.13. The van der Waals surface area contributed by atoms with E-state index in [1.807, 2.05) is 13.0 Å². The summed E-state index contributed by atoms with van der Waals surface area (Å²) in [6.07, 6.45) is 2.48. The van der Waals surface area contributed by atoms with Gasteiger partial charge in [-0.3, -0.25) is 0 Å². The van der Waals surface area contributed by atoms with Crippen molar-refractivity contribution in [1.82, 2.24) is 10.5 Å². The SMILES string of the molecule is Cc1cc(CNC(C)CCC(C)C)on1. The molecule has 1 unspecified atom stereocenters. The van der Waals surface area contributed by atoms with Crippen molar-refractivity contribution in [2.75, 3.05) is 0 Å². The van der Waals surface area contributed by atoms with Crippen LogP contribution in [0.3, 0.4) is 0 Å². The molecule has 3 nitrogen and oxygen atoms in total. The average Bonchev–Trinajstić information content (AvgIpc) is 2.58. The lowest BCUT2D eigenvalue weighted by atomic mass is 10.0. The van der Waals surface area contributed by atoms with Crippen molar-refractivity contribution in [3.05, 3.63) is 17.5 Å². The number of hydrogen-bond acceptors (Lipinski definition) is 3. The van der Waals surface area contributed by atoms with Gasteiger partial charge in [0.2, 0.25) is 0 Å². The van der Waals surface area contributed by atoms with Crippen molar-refractivity contribution in [3.8, 4) is 0 Å². The summed E-state index contributed by atoms with van der Waals surface area (Å²) in [6, 6.07) is 2.51. The van der Waals surface area contributed by atoms with E-state index in [-0.39, 0.29) is 0 Å². The Morgan fingerprint density at radius 2 is 2.07 bits per heavy atom. The number of aromatic nitrogens is 1. The van der Waals surface area contributed by atoms with Crippen LogP contribution in [0, 0.1) is 12.8 Å². The summed E-state index contributed by atoms with van der Waals surface area (Å²) in [5.41, 5.74) is 0.946. The van der Waals surface area contributed by atoms with Crippen LogP contribution in [0.5, 0.6) is 0 Å². The molecule has 1 N–H and O–H groups in total. The molecule has 1 aromatic rings. The fraction of sp³-hybridized carbons (Fsp3) is 0.750. The minimum Gasteiger partial charge on any atom is -0.360 e. The third kappa shape index (κ3) is 4.98. The lowest BCUT2D eigenvalue weighted by Crippen LogP contribution is -2.25. The number of nitrogens with one attached hydrogen (secondary N) is 1. The summed E-state index contributed by atoms with van der Waals surface area (Å²) in [6.45, 7) is 9.44. The summed E-state index contributed by atoms with van der Waals surface area (Å²) < 4.78 is 5.13. The largest absolute Gasteiger partial charge is 0.360 e. The standard InChI is InChI=1S/C12H22N2O/c1-9(2)5-6-10(3)13-8-12-7-11(4)14-15-12/h7,9-10,13H,5-6,8H2,1-4H3. The first kappa shape index (κ1) is 12.2. The molecule has 1 aromatic heterocycles. The van der Waals surface area contributed by atoms with E-state index in [4.69, 9.17) is 4.52 Å². The van der Waals surface area contributed by atoms with Crippen LogP contribution in [0.4, 0.5) is 0 Å². The van der Waals surface area contributed by atoms with Gasteiger partial charge in [-0.15, -0.1) is 0 Å². The van der Waals surface area contributed by atoms with E-state index in [1.54, 1.807) is 0 Å². The molecule has 0 amide bonds. The zero-order valence-electron chi connectivity index (χ0n) is 10.2. The molecule has 15 heavy (non-hydrogen) atoms. The molecule has 1 atom stereocenters. The molecule has 0 spiro atoms. The molecule has 0 aliphatic rings. The van der Waals surface area contributed by atoms with Gasteiger partial charge in [0.05, 0.1) is 12.2 Å². The summed E-state index contributed by atoms with van der Waals surface area (Å²) in [7, 11) is 0. The second-order valence-electron chi connectivity index (χ2n) is 4.69. The van der Waals surface area contributed by atoms with Crippen molar-refractivity contribution in [2.45, 2.75) is 53.1 Å². The van der Waals surface area contributed by atoms with E-state index in [1.165, 1.54) is 12.8 Å². The van der Waals surface area contributed by atoms with E-state index in [0.29, 0.717) is 6.04 Å². The third-order valence-electron chi connectivity index (χ3n) is 2.48. The number of aryl methyl sites for hydroxylation is 1. The summed E-state index contributed by atoms with van der Waals surface area (Å²) in [5, 5.41) is 7.29. The Labute approximate surface area is 92.2 Å². The molecule has 86 valence electrons. The predicted molar refractivity (Wildman–Crippen MR) is 61.6 cm³/mol. The van der Waals surface area contributed by atoms with E-state index in [9.17, 15) is 0 Å². The smallest absolute Gasteiger partial charge is 0.150 e. The average molecular weight is 210 g/mol. The Bertz CT molecular complexity index is 281. The zero-order valence-corrected chi connectivity index (χ0v) is 10.2. The second kappa shape index (κ2) is 5.91. The molecule has 0 aliphatic carbocycles. The molecular formula is C12H22N2O. The molecular weight excluding hydrogens is 188 g/mol. The van der Waals surface area contributed by atoms with E-state index >= 15 is 0 Å². The summed E-state index contributed by atoms with van der Waals surface area (Å²) in [5.74, 6) is 1.70. The monoisotopic (exact) mass is 210 g/mol. The fourth-order valence-corrected chi connectivity index (χ4v) is 1.46. The molecule has 0 radical (unpaired) electrons. The molecule has 0 saturated carbocycles. The van der Waals surface area contributed by atoms with Crippen molar-refractivity contribution < 1.29 is 4.52 Å². The Morgan fingerprint density at radius 3 is 2.60 bits per heavy atom. The highest BCUT2D eigenvalue weighted by molar-refractivity contribution is 5.02. The summed E-state index contributed by atoms with van der Waals surface area (Å²) >= 11 is 0. The van der Waals surface area contributed by atoms with Crippen LogP contribution in [0.15, 0.2) is 10.6 Å². The molecule has 0 bridgehead atoms. The van der Waals surface area contributed by atoms with Crippen molar-refractivity contribution in [1.29, 1.82) is 0 Å². The Morgan fingerprint density at radius 1 is 1.33 bits per heavy atom. The highest BCUT2D eigenvalue weighted by Crippen LogP contribution is 2.07. The molecule has 0 fully saturated rings. The normalized spacial score (nSPS) is 13.4. The maximum atomic E-state index is 5.13. The lowest BCUT2D eigenvalue weighted by molar-refractivity contribution is 0.355. The van der Waals surface area contributed by atoms with Crippen LogP contribution >= 0.6 is 0 Å². The van der Waals surface area contributed by atoms with Gasteiger partial charge in [-0.2, -0.15) is 0 Å². The molecule has 0 saturated heterocycles. The first-order valence-corrected chi connectivity index (χ1v) is 5.73. The van der Waals surface area contributed by atoms with Crippen molar-refractivity contribution in [3.63, 3.8) is 0 Å². The number of rotatable bonds is 6. The van der Waals surface area contributed by atoms with Gasteiger partial charge in [0.15, 0.2) is 5.76 Å². The highest BCUT2D eigenvalue weighted by Gasteiger charge is 2.05. The van der Waals surface area contributed by atoms with Gasteiger partial charge in [0.1, 0.15) is 0 Å². The van der Waals surface area contributed by atoms with Gasteiger partial charge in [0, 0.05) is 12.1 Å². The summed E-state index contributed by atoms with van der Waals surface area (Å²) in [4.78, 5) is 0. The van der Waals surface area contributed by atoms with Crippen LogP contribution in [0.25, 0.3) is 0 Å². The third-order valence-corrected chi connectivity index (χ3v) is 2.48. The van der Waals surface area contributed by atoms with Gasteiger partial charge in [-0.1, -0.05) is 19.0 Å². The van der Waals surface area contributed by atoms with Gasteiger partial charge in [-0.25, -0.2) is 0 Å². The van der Waals surface area contributed by atoms with E-state index in [2.05, 4.69) is 31.2 Å². The quantitative estimate of drug-likeness (QED) is 0.784. The topological polar surface area (TPSA) is 38.1 Å². The first-order chi connectivity index (χ1) is 7.08. The van der Waals surface area contributed by atoms with Gasteiger partial charge < -0.3 is 9.84 Å². The molecule has 1 rings (SSSR count). The predicted octanol–water partition coefficient (Wildman–Crippen LogP) is 2.90. The van der Waals surface area contributed by atoms with Gasteiger partial charge in [0.25, 0.3) is 0 Å². The minimum absolute atomic E-state index is 0.540. The highest BCUT2D eigenvalue weighted by atomic mass is 16.5. The van der Waals surface area contributed by atoms with Crippen LogP contribution in [-0.4, -0.2) is 11.2 Å². The minimum atomic E-state index is 0.540. The Balaban J connectivity index is 2.19. The van der Waals surface area contributed by atoms with Crippen LogP contribution < -0.4 is 5.32 Å². The van der Waals surface area contributed by atoms with Crippen LogP contribution in [0.1, 0.15) is 45.1 Å². The van der Waals surface area contributed by atoms with Gasteiger partial charge in [-0.05, 0) is 32.6 Å². The van der Waals surface area contributed by atoms with Crippen LogP contribution in [-0.2, 0) is 6.54 Å². The Hall–Kier alpha value is -0.830. The number of hydrogen-bond donors (Lipinski definition) is 1. The molecule has 1 heterocycles. The zero-order chi connectivity index (χ0) is 11.3. The molecule has 0 aliphatic heterocycles. The van der Waals surface area contributed by atoms with E-state index < -0.39 is 0 Å². The fourth-order valence-electron chi connectivity index (χ4n) is 1.46. The second-order valence-corrected chi connectivity index (χ2v) is 4.69. The molecule has 0 aromatic carbocycles. The Kier molecular flexibility index (Phi) is 4.82. The number of nitrogens with zero attached hydrogens (tertiary/aromatic N) is 1.